The molecule has 1 N–H and O–H groups in total. The van der Waals surface area contributed by atoms with Gasteiger partial charge in [0.1, 0.15) is 10.7 Å². The third kappa shape index (κ3) is 2.85. The van der Waals surface area contributed by atoms with Gasteiger partial charge in [0.2, 0.25) is 0 Å². The molecule has 0 bridgehead atoms. The van der Waals surface area contributed by atoms with Crippen LogP contribution in [0.25, 0.3) is 0 Å². The van der Waals surface area contributed by atoms with Crippen molar-refractivity contribution in [3.05, 3.63) is 40.0 Å². The molecule has 1 aromatic carbocycles. The van der Waals surface area contributed by atoms with Crippen molar-refractivity contribution >= 4 is 40.7 Å². The maximum atomic E-state index is 12.6. The monoisotopic (exact) mass is 338 g/mol. The van der Waals surface area contributed by atoms with E-state index in [-0.39, 0.29) is 16.8 Å². The van der Waals surface area contributed by atoms with Crippen molar-refractivity contribution in [3.8, 4) is 0 Å². The van der Waals surface area contributed by atoms with Gasteiger partial charge in [0.25, 0.3) is 11.8 Å². The van der Waals surface area contributed by atoms with E-state index in [1.54, 1.807) is 24.3 Å². The van der Waals surface area contributed by atoms with Gasteiger partial charge in [0, 0.05) is 11.1 Å². The first-order chi connectivity index (χ1) is 10.6. The third-order valence-corrected chi connectivity index (χ3v) is 4.63. The summed E-state index contributed by atoms with van der Waals surface area (Å²) in [5, 5.41) is 3.58. The smallest absolute Gasteiger partial charge is 0.283 e. The summed E-state index contributed by atoms with van der Waals surface area (Å²) >= 11 is 12.0. The fourth-order valence-electron chi connectivity index (χ4n) is 2.93. The van der Waals surface area contributed by atoms with Crippen molar-refractivity contribution in [2.75, 3.05) is 4.90 Å². The summed E-state index contributed by atoms with van der Waals surface area (Å²) in [6.45, 7) is 0. The van der Waals surface area contributed by atoms with E-state index in [0.717, 1.165) is 30.6 Å². The highest BCUT2D eigenvalue weighted by molar-refractivity contribution is 6.52. The van der Waals surface area contributed by atoms with Gasteiger partial charge in [-0.2, -0.15) is 0 Å². The van der Waals surface area contributed by atoms with Crippen molar-refractivity contribution in [1.82, 2.24) is 5.32 Å². The molecule has 1 heterocycles. The van der Waals surface area contributed by atoms with Crippen LogP contribution >= 0.6 is 23.2 Å². The largest absolute Gasteiger partial charge is 0.376 e. The molecule has 22 heavy (non-hydrogen) atoms. The molecule has 2 amide bonds. The molecule has 1 aliphatic carbocycles. The van der Waals surface area contributed by atoms with Gasteiger partial charge >= 0.3 is 0 Å². The molecule has 0 atom stereocenters. The average Bonchev–Trinajstić information content (AvgIpc) is 2.72. The van der Waals surface area contributed by atoms with E-state index in [0.29, 0.717) is 10.7 Å². The first-order valence-corrected chi connectivity index (χ1v) is 8.14. The second kappa shape index (κ2) is 6.31. The number of hydrogen-bond donors (Lipinski definition) is 1. The van der Waals surface area contributed by atoms with Crippen molar-refractivity contribution in [1.29, 1.82) is 0 Å². The van der Waals surface area contributed by atoms with Gasteiger partial charge in [-0.25, -0.2) is 4.90 Å². The van der Waals surface area contributed by atoms with E-state index in [9.17, 15) is 9.59 Å². The van der Waals surface area contributed by atoms with Crippen LogP contribution in [0.3, 0.4) is 0 Å². The number of anilines is 1. The van der Waals surface area contributed by atoms with Crippen LogP contribution in [0.15, 0.2) is 35.0 Å². The van der Waals surface area contributed by atoms with Crippen LogP contribution in [-0.4, -0.2) is 17.9 Å². The molecule has 6 heteroatoms. The van der Waals surface area contributed by atoms with E-state index < -0.39 is 11.8 Å². The number of nitrogens with zero attached hydrogens (tertiary/aromatic N) is 1. The Morgan fingerprint density at radius 1 is 1.05 bits per heavy atom. The Morgan fingerprint density at radius 2 is 1.77 bits per heavy atom. The number of benzene rings is 1. The highest BCUT2D eigenvalue weighted by Gasteiger charge is 2.39. The maximum absolute atomic E-state index is 12.6. The summed E-state index contributed by atoms with van der Waals surface area (Å²) in [6, 6.07) is 6.82. The fraction of sp³-hybridized carbons (Fsp3) is 0.375. The van der Waals surface area contributed by atoms with E-state index in [1.807, 2.05) is 0 Å². The quantitative estimate of drug-likeness (QED) is 0.857. The molecule has 0 aromatic heterocycles. The van der Waals surface area contributed by atoms with Crippen LogP contribution in [0.2, 0.25) is 5.02 Å². The number of halogens is 2. The van der Waals surface area contributed by atoms with Gasteiger partial charge in [-0.1, -0.05) is 48.5 Å². The van der Waals surface area contributed by atoms with Crippen molar-refractivity contribution < 1.29 is 9.59 Å². The number of carbonyl (C=O) groups excluding carboxylic acids is 2. The van der Waals surface area contributed by atoms with Gasteiger partial charge in [-0.3, -0.25) is 9.59 Å². The minimum absolute atomic E-state index is 0.0458. The highest BCUT2D eigenvalue weighted by Crippen LogP contribution is 2.30. The molecule has 4 nitrogen and oxygen atoms in total. The first kappa shape index (κ1) is 15.4. The molecule has 0 unspecified atom stereocenters. The molecular weight excluding hydrogens is 323 g/mol. The second-order valence-corrected chi connectivity index (χ2v) is 6.41. The Bertz CT molecular complexity index is 651. The fourth-order valence-corrected chi connectivity index (χ4v) is 3.33. The van der Waals surface area contributed by atoms with E-state index in [2.05, 4.69) is 5.32 Å². The van der Waals surface area contributed by atoms with Crippen molar-refractivity contribution in [3.63, 3.8) is 0 Å². The van der Waals surface area contributed by atoms with E-state index in [1.165, 1.54) is 6.42 Å². The molecule has 2 aliphatic rings. The molecule has 0 radical (unpaired) electrons. The Hall–Kier alpha value is -1.52. The number of rotatable bonds is 3. The normalized spacial score (nSPS) is 20.0. The topological polar surface area (TPSA) is 49.4 Å². The Balaban J connectivity index is 1.83. The number of amides is 2. The van der Waals surface area contributed by atoms with Crippen LogP contribution in [0.4, 0.5) is 5.69 Å². The first-order valence-electron chi connectivity index (χ1n) is 7.38. The highest BCUT2D eigenvalue weighted by atomic mass is 35.5. The summed E-state index contributed by atoms with van der Waals surface area (Å²) in [4.78, 5) is 25.9. The van der Waals surface area contributed by atoms with E-state index >= 15 is 0 Å². The Kier molecular flexibility index (Phi) is 4.41. The van der Waals surface area contributed by atoms with Crippen LogP contribution in [-0.2, 0) is 9.59 Å². The van der Waals surface area contributed by atoms with Crippen molar-refractivity contribution in [2.24, 2.45) is 0 Å². The summed E-state index contributed by atoms with van der Waals surface area (Å²) in [5.74, 6) is -0.921. The van der Waals surface area contributed by atoms with Gasteiger partial charge in [0.05, 0.1) is 5.69 Å². The zero-order valence-corrected chi connectivity index (χ0v) is 13.5. The van der Waals surface area contributed by atoms with Crippen LogP contribution in [0, 0.1) is 0 Å². The predicted octanol–water partition coefficient (Wildman–Crippen LogP) is 3.59. The zero-order valence-electron chi connectivity index (χ0n) is 11.9. The predicted molar refractivity (Wildman–Crippen MR) is 86.8 cm³/mol. The molecule has 0 saturated heterocycles. The number of nitrogens with one attached hydrogen (secondary N) is 1. The SMILES string of the molecule is O=C1C(Cl)=C(NC2CCCCC2)C(=O)N1c1cccc(Cl)c1. The van der Waals surface area contributed by atoms with Crippen LogP contribution in [0.5, 0.6) is 0 Å². The molecule has 1 fully saturated rings. The number of hydrogen-bond acceptors (Lipinski definition) is 3. The molecule has 116 valence electrons. The number of carbonyl (C=O) groups is 2. The molecule has 0 spiro atoms. The minimum atomic E-state index is -0.507. The minimum Gasteiger partial charge on any atom is -0.376 e. The van der Waals surface area contributed by atoms with Gasteiger partial charge in [-0.05, 0) is 31.0 Å². The van der Waals surface area contributed by atoms with Crippen LogP contribution < -0.4 is 10.2 Å². The lowest BCUT2D eigenvalue weighted by Crippen LogP contribution is -2.37. The lowest BCUT2D eigenvalue weighted by Gasteiger charge is -2.24. The lowest BCUT2D eigenvalue weighted by atomic mass is 9.95. The van der Waals surface area contributed by atoms with Gasteiger partial charge in [-0.15, -0.1) is 0 Å². The Morgan fingerprint density at radius 3 is 2.45 bits per heavy atom. The zero-order chi connectivity index (χ0) is 15.7. The molecule has 3 rings (SSSR count). The molecule has 1 saturated carbocycles. The molecule has 1 aromatic rings. The third-order valence-electron chi connectivity index (χ3n) is 4.05. The molecular formula is C16H16Cl2N2O2. The lowest BCUT2D eigenvalue weighted by molar-refractivity contribution is -0.120. The summed E-state index contributed by atoms with van der Waals surface area (Å²) in [5.41, 5.74) is 0.639. The standard InChI is InChI=1S/C16H16Cl2N2O2/c17-10-5-4-8-12(9-10)20-15(21)13(18)14(16(20)22)19-11-6-2-1-3-7-11/h4-5,8-9,11,19H,1-3,6-7H2. The van der Waals surface area contributed by atoms with E-state index in [4.69, 9.17) is 23.2 Å². The summed E-state index contributed by atoms with van der Waals surface area (Å²) in [7, 11) is 0. The van der Waals surface area contributed by atoms with Crippen LogP contribution in [0.1, 0.15) is 32.1 Å². The number of imide groups is 1. The summed E-state index contributed by atoms with van der Waals surface area (Å²) in [6.07, 6.45) is 5.45. The van der Waals surface area contributed by atoms with Crippen molar-refractivity contribution in [2.45, 2.75) is 38.1 Å². The average molecular weight is 339 g/mol. The maximum Gasteiger partial charge on any atom is 0.283 e. The Labute approximate surface area is 139 Å². The van der Waals surface area contributed by atoms with Gasteiger partial charge in [0.15, 0.2) is 0 Å². The molecule has 1 aliphatic heterocycles. The second-order valence-electron chi connectivity index (χ2n) is 5.59. The van der Waals surface area contributed by atoms with Gasteiger partial charge < -0.3 is 5.32 Å². The summed E-state index contributed by atoms with van der Waals surface area (Å²) < 4.78 is 0.